The predicted molar refractivity (Wildman–Crippen MR) is 81.4 cm³/mol. The van der Waals surface area contributed by atoms with Crippen LogP contribution in [0, 0.1) is 5.92 Å². The fourth-order valence-electron chi connectivity index (χ4n) is 1.56. The second-order valence-electron chi connectivity index (χ2n) is 4.62. The molecule has 0 spiro atoms. The molecule has 112 valence electrons. The minimum atomic E-state index is -0.502. The van der Waals surface area contributed by atoms with Crippen LogP contribution >= 0.6 is 11.3 Å². The summed E-state index contributed by atoms with van der Waals surface area (Å²) in [5.74, 6) is -0.416. The lowest BCUT2D eigenvalue weighted by molar-refractivity contribution is 0.0533. The van der Waals surface area contributed by atoms with Crippen molar-refractivity contribution in [3.8, 4) is 0 Å². The van der Waals surface area contributed by atoms with Crippen molar-refractivity contribution in [1.82, 2.24) is 5.32 Å². The van der Waals surface area contributed by atoms with Crippen molar-refractivity contribution in [2.45, 2.75) is 20.8 Å². The van der Waals surface area contributed by atoms with E-state index in [1.807, 2.05) is 0 Å². The van der Waals surface area contributed by atoms with Gasteiger partial charge in [-0.15, -0.1) is 11.3 Å². The molecule has 7 heteroatoms. The molecule has 0 aromatic carbocycles. The highest BCUT2D eigenvalue weighted by molar-refractivity contribution is 7.19. The molecule has 1 aromatic heterocycles. The Bertz CT molecular complexity index is 497. The maximum absolute atomic E-state index is 11.9. The number of carbonyl (C=O) groups excluding carboxylic acids is 2. The number of amides is 1. The molecule has 0 atom stereocenters. The average molecular weight is 299 g/mol. The summed E-state index contributed by atoms with van der Waals surface area (Å²) in [4.78, 5) is 24.0. The van der Waals surface area contributed by atoms with Crippen molar-refractivity contribution in [1.29, 1.82) is 0 Å². The zero-order chi connectivity index (χ0) is 15.3. The summed E-state index contributed by atoms with van der Waals surface area (Å²) >= 11 is 1.15. The smallest absolute Gasteiger partial charge is 0.350 e. The molecule has 0 saturated heterocycles. The molecule has 0 fully saturated rings. The fourth-order valence-corrected chi connectivity index (χ4v) is 2.58. The van der Waals surface area contributed by atoms with Gasteiger partial charge in [0, 0.05) is 13.6 Å². The van der Waals surface area contributed by atoms with E-state index in [4.69, 9.17) is 10.5 Å². The van der Waals surface area contributed by atoms with Gasteiger partial charge in [0.05, 0.1) is 17.9 Å². The van der Waals surface area contributed by atoms with Gasteiger partial charge in [0.25, 0.3) is 5.91 Å². The molecule has 0 saturated carbocycles. The first-order valence-corrected chi connectivity index (χ1v) is 7.29. The molecule has 0 aliphatic rings. The van der Waals surface area contributed by atoms with Crippen molar-refractivity contribution >= 4 is 33.9 Å². The monoisotopic (exact) mass is 299 g/mol. The summed E-state index contributed by atoms with van der Waals surface area (Å²) in [5.41, 5.74) is 6.40. The third-order valence-corrected chi connectivity index (χ3v) is 3.67. The highest BCUT2D eigenvalue weighted by Crippen LogP contribution is 2.36. The maximum atomic E-state index is 11.9. The predicted octanol–water partition coefficient (Wildman–Crippen LogP) is 1.93. The van der Waals surface area contributed by atoms with E-state index in [-0.39, 0.29) is 23.1 Å². The summed E-state index contributed by atoms with van der Waals surface area (Å²) in [6.07, 6.45) is 0. The number of nitrogens with two attached hydrogens (primary N) is 1. The minimum absolute atomic E-state index is 0.166. The van der Waals surface area contributed by atoms with Crippen LogP contribution < -0.4 is 16.4 Å². The number of hydrogen-bond donors (Lipinski definition) is 3. The van der Waals surface area contributed by atoms with Gasteiger partial charge < -0.3 is 21.1 Å². The van der Waals surface area contributed by atoms with Crippen LogP contribution in [0.2, 0.25) is 0 Å². The quantitative estimate of drug-likeness (QED) is 0.698. The molecule has 0 aliphatic carbocycles. The van der Waals surface area contributed by atoms with E-state index in [1.165, 1.54) is 7.05 Å². The lowest BCUT2D eigenvalue weighted by atomic mass is 10.2. The molecule has 1 aromatic rings. The van der Waals surface area contributed by atoms with Crippen molar-refractivity contribution in [3.63, 3.8) is 0 Å². The van der Waals surface area contributed by atoms with Crippen molar-refractivity contribution in [2.75, 3.05) is 31.2 Å². The Hall–Kier alpha value is -1.76. The number of nitrogen functional groups attached to an aromatic ring is 1. The number of esters is 1. The highest BCUT2D eigenvalue weighted by atomic mass is 32.1. The Labute approximate surface area is 122 Å². The number of carbonyl (C=O) groups is 2. The first-order valence-electron chi connectivity index (χ1n) is 6.47. The molecule has 1 rings (SSSR count). The second-order valence-corrected chi connectivity index (χ2v) is 5.64. The van der Waals surface area contributed by atoms with E-state index in [1.54, 1.807) is 6.92 Å². The largest absolute Gasteiger partial charge is 0.462 e. The van der Waals surface area contributed by atoms with Crippen molar-refractivity contribution < 1.29 is 14.3 Å². The molecule has 0 aliphatic heterocycles. The Morgan fingerprint density at radius 1 is 1.40 bits per heavy atom. The number of rotatable bonds is 6. The zero-order valence-corrected chi connectivity index (χ0v) is 13.0. The molecule has 20 heavy (non-hydrogen) atoms. The van der Waals surface area contributed by atoms with E-state index < -0.39 is 5.97 Å². The van der Waals surface area contributed by atoms with Gasteiger partial charge in [-0.05, 0) is 12.8 Å². The van der Waals surface area contributed by atoms with Crippen LogP contribution in [0.3, 0.4) is 0 Å². The topological polar surface area (TPSA) is 93.4 Å². The van der Waals surface area contributed by atoms with Crippen LogP contribution in [0.25, 0.3) is 0 Å². The molecule has 1 heterocycles. The van der Waals surface area contributed by atoms with Crippen LogP contribution in [0.1, 0.15) is 40.8 Å². The van der Waals surface area contributed by atoms with Gasteiger partial charge in [0.1, 0.15) is 9.88 Å². The van der Waals surface area contributed by atoms with Crippen LogP contribution in [-0.4, -0.2) is 32.1 Å². The molecule has 4 N–H and O–H groups in total. The van der Waals surface area contributed by atoms with E-state index >= 15 is 0 Å². The third kappa shape index (κ3) is 3.63. The Kier molecular flexibility index (Phi) is 5.82. The van der Waals surface area contributed by atoms with Gasteiger partial charge in [0.15, 0.2) is 0 Å². The summed E-state index contributed by atoms with van der Waals surface area (Å²) in [5, 5.41) is 6.28. The summed E-state index contributed by atoms with van der Waals surface area (Å²) in [6, 6.07) is 0. The van der Waals surface area contributed by atoms with Gasteiger partial charge >= 0.3 is 5.97 Å². The molecule has 1 amide bonds. The summed E-state index contributed by atoms with van der Waals surface area (Å²) < 4.78 is 4.95. The lowest BCUT2D eigenvalue weighted by Crippen LogP contribution is -2.21. The van der Waals surface area contributed by atoms with Gasteiger partial charge in [-0.3, -0.25) is 4.79 Å². The second kappa shape index (κ2) is 7.14. The minimum Gasteiger partial charge on any atom is -0.462 e. The van der Waals surface area contributed by atoms with Crippen LogP contribution in [0.4, 0.5) is 10.7 Å². The molecule has 6 nitrogen and oxygen atoms in total. The first-order chi connectivity index (χ1) is 9.42. The third-order valence-electron chi connectivity index (χ3n) is 2.53. The first kappa shape index (κ1) is 16.3. The van der Waals surface area contributed by atoms with Crippen molar-refractivity contribution in [3.05, 3.63) is 10.4 Å². The molecule has 0 bridgehead atoms. The van der Waals surface area contributed by atoms with Crippen LogP contribution in [-0.2, 0) is 4.74 Å². The van der Waals surface area contributed by atoms with E-state index in [0.717, 1.165) is 11.3 Å². The zero-order valence-electron chi connectivity index (χ0n) is 12.2. The fraction of sp³-hybridized carbons (Fsp3) is 0.538. The SMILES string of the molecule is CCOC(=O)c1sc(NCC(C)C)c(C(=O)NC)c1N. The molecular weight excluding hydrogens is 278 g/mol. The van der Waals surface area contributed by atoms with Crippen molar-refractivity contribution in [2.24, 2.45) is 5.92 Å². The number of thiophene rings is 1. The van der Waals surface area contributed by atoms with E-state index in [0.29, 0.717) is 23.0 Å². The van der Waals surface area contributed by atoms with Crippen LogP contribution in [0.5, 0.6) is 0 Å². The highest BCUT2D eigenvalue weighted by Gasteiger charge is 2.25. The average Bonchev–Trinajstić information content (AvgIpc) is 2.73. The number of anilines is 2. The standard InChI is InChI=1S/C13H21N3O3S/c1-5-19-13(18)10-9(14)8(11(17)15-4)12(20-10)16-6-7(2)3/h7,16H,5-6,14H2,1-4H3,(H,15,17). The Morgan fingerprint density at radius 2 is 2.05 bits per heavy atom. The number of nitrogens with one attached hydrogen (secondary N) is 2. The number of ether oxygens (including phenoxy) is 1. The van der Waals surface area contributed by atoms with Crippen LogP contribution in [0.15, 0.2) is 0 Å². The molecular formula is C13H21N3O3S. The normalized spacial score (nSPS) is 10.4. The van der Waals surface area contributed by atoms with E-state index in [9.17, 15) is 9.59 Å². The summed E-state index contributed by atoms with van der Waals surface area (Å²) in [7, 11) is 1.52. The van der Waals surface area contributed by atoms with E-state index in [2.05, 4.69) is 24.5 Å². The van der Waals surface area contributed by atoms with Gasteiger partial charge in [-0.1, -0.05) is 13.8 Å². The van der Waals surface area contributed by atoms with Gasteiger partial charge in [0.2, 0.25) is 0 Å². The maximum Gasteiger partial charge on any atom is 0.350 e. The van der Waals surface area contributed by atoms with Gasteiger partial charge in [-0.25, -0.2) is 4.79 Å². The number of hydrogen-bond acceptors (Lipinski definition) is 6. The molecule has 0 radical (unpaired) electrons. The van der Waals surface area contributed by atoms with Gasteiger partial charge in [-0.2, -0.15) is 0 Å². The summed E-state index contributed by atoms with van der Waals surface area (Å²) in [6.45, 7) is 6.78. The Balaban J connectivity index is 3.16. The lowest BCUT2D eigenvalue weighted by Gasteiger charge is -2.09. The molecule has 0 unspecified atom stereocenters. The Morgan fingerprint density at radius 3 is 2.55 bits per heavy atom.